The van der Waals surface area contributed by atoms with Crippen LogP contribution in [0.5, 0.6) is 0 Å². The number of hydrogen-bond acceptors (Lipinski definition) is 6. The molecule has 0 unspecified atom stereocenters. The molecule has 1 saturated heterocycles. The number of urea groups is 1. The first-order valence-electron chi connectivity index (χ1n) is 17.0. The van der Waals surface area contributed by atoms with Gasteiger partial charge >= 0.3 is 6.03 Å². The Morgan fingerprint density at radius 3 is 2.48 bits per heavy atom. The molecule has 4 atom stereocenters. The van der Waals surface area contributed by atoms with Gasteiger partial charge < -0.3 is 16.0 Å². The van der Waals surface area contributed by atoms with Gasteiger partial charge in [0.2, 0.25) is 11.9 Å². The van der Waals surface area contributed by atoms with Gasteiger partial charge in [0, 0.05) is 54.5 Å². The molecular formula is C35H47Cl2N9O2. The Hall–Kier alpha value is -3.54. The van der Waals surface area contributed by atoms with Crippen molar-refractivity contribution < 1.29 is 4.79 Å². The number of anilines is 2. The molecule has 4 aliphatic rings. The van der Waals surface area contributed by atoms with E-state index in [0.29, 0.717) is 80.7 Å². The average molecular weight is 697 g/mol. The number of amides is 2. The van der Waals surface area contributed by atoms with E-state index in [2.05, 4.69) is 60.6 Å². The average Bonchev–Trinajstić information content (AvgIpc) is 3.04. The number of rotatable bonds is 7. The SMILES string of the molecule is CC(C)N1CCN(c2nc3cc(NC(=N[C@H]4C[C@@H]5C[C@H]([C@@H]4C)C5(C)C)NNC(N)=O)ccc3c(=O)n2CCc2ccc(Cl)cc2Cl)CC1. The summed E-state index contributed by atoms with van der Waals surface area (Å²) in [6.07, 6.45) is 2.78. The second kappa shape index (κ2) is 13.8. The number of carbonyl (C=O) groups is 1. The topological polar surface area (TPSA) is 133 Å². The highest BCUT2D eigenvalue weighted by Crippen LogP contribution is 2.61. The molecule has 258 valence electrons. The summed E-state index contributed by atoms with van der Waals surface area (Å²) < 4.78 is 1.77. The van der Waals surface area contributed by atoms with Gasteiger partial charge in [0.15, 0.2) is 0 Å². The fourth-order valence-electron chi connectivity index (χ4n) is 7.94. The zero-order valence-corrected chi connectivity index (χ0v) is 29.9. The lowest BCUT2D eigenvalue weighted by molar-refractivity contribution is -0.108. The van der Waals surface area contributed by atoms with Gasteiger partial charge in [-0.15, -0.1) is 0 Å². The number of aliphatic imine (C=N–C) groups is 1. The van der Waals surface area contributed by atoms with E-state index in [4.69, 9.17) is 38.9 Å². The second-order valence-electron chi connectivity index (χ2n) is 14.4. The summed E-state index contributed by atoms with van der Waals surface area (Å²) in [5.41, 5.74) is 13.1. The number of fused-ring (bicyclic) bond motifs is 3. The number of aromatic nitrogens is 2. The number of benzene rings is 2. The van der Waals surface area contributed by atoms with Crippen LogP contribution in [0.4, 0.5) is 16.4 Å². The van der Waals surface area contributed by atoms with Crippen LogP contribution >= 0.6 is 23.2 Å². The maximum Gasteiger partial charge on any atom is 0.330 e. The molecule has 2 aromatic carbocycles. The molecule has 48 heavy (non-hydrogen) atoms. The molecule has 2 heterocycles. The van der Waals surface area contributed by atoms with Crippen molar-refractivity contribution in [2.45, 2.75) is 72.5 Å². The number of primary amides is 1. The molecule has 11 nitrogen and oxygen atoms in total. The number of piperazine rings is 1. The third-order valence-electron chi connectivity index (χ3n) is 11.1. The van der Waals surface area contributed by atoms with Gasteiger partial charge in [-0.2, -0.15) is 0 Å². The van der Waals surface area contributed by atoms with Gasteiger partial charge in [-0.25, -0.2) is 20.2 Å². The van der Waals surface area contributed by atoms with Gasteiger partial charge in [0.25, 0.3) is 5.56 Å². The molecule has 3 saturated carbocycles. The summed E-state index contributed by atoms with van der Waals surface area (Å²) >= 11 is 12.6. The normalized spacial score (nSPS) is 24.0. The molecule has 2 amide bonds. The molecule has 13 heteroatoms. The standard InChI is InChI=1S/C35H47Cl2N9O2/c1-20(2)44-12-14-45(15-13-44)34-41-30-19-25(8-9-26(30)31(47)46(34)11-10-22-6-7-24(36)18-28(22)37)39-33(43-42-32(38)48)40-29-17-23-16-27(21(29)3)35(23,4)5/h6-9,18-21,23,27,29H,10-17H2,1-5H3,(H3,38,42,48)(H2,39,40,43)/t21-,23-,27+,29-/m0/s1. The smallest absolute Gasteiger partial charge is 0.330 e. The molecule has 1 aliphatic heterocycles. The molecule has 7 rings (SSSR count). The van der Waals surface area contributed by atoms with Crippen LogP contribution in [-0.2, 0) is 13.0 Å². The quantitative estimate of drug-likeness (QED) is 0.146. The minimum absolute atomic E-state index is 0.0995. The van der Waals surface area contributed by atoms with Gasteiger partial charge in [0.05, 0.1) is 16.9 Å². The first-order valence-corrected chi connectivity index (χ1v) is 17.7. The van der Waals surface area contributed by atoms with Crippen LogP contribution in [0.2, 0.25) is 10.0 Å². The first kappa shape index (κ1) is 34.3. The van der Waals surface area contributed by atoms with Gasteiger partial charge in [-0.1, -0.05) is 50.0 Å². The number of nitrogens with two attached hydrogens (primary N) is 1. The number of guanidine groups is 1. The second-order valence-corrected chi connectivity index (χ2v) is 15.3. The minimum Gasteiger partial charge on any atom is -0.350 e. The fraction of sp³-hybridized carbons (Fsp3) is 0.543. The number of aryl methyl sites for hydroxylation is 1. The molecule has 2 bridgehead atoms. The summed E-state index contributed by atoms with van der Waals surface area (Å²) in [5, 5.41) is 4.99. The van der Waals surface area contributed by atoms with Crippen molar-refractivity contribution in [2.75, 3.05) is 36.4 Å². The van der Waals surface area contributed by atoms with Crippen molar-refractivity contribution >= 4 is 57.7 Å². The van der Waals surface area contributed by atoms with Crippen LogP contribution < -0.4 is 32.4 Å². The Morgan fingerprint density at radius 2 is 1.83 bits per heavy atom. The maximum absolute atomic E-state index is 14.1. The lowest BCUT2D eigenvalue weighted by Gasteiger charge is -2.61. The predicted octanol–water partition coefficient (Wildman–Crippen LogP) is 5.49. The Labute approximate surface area is 292 Å². The van der Waals surface area contributed by atoms with Crippen molar-refractivity contribution in [3.05, 3.63) is 62.4 Å². The number of halogens is 2. The molecule has 4 fully saturated rings. The summed E-state index contributed by atoms with van der Waals surface area (Å²) in [5.74, 6) is 2.66. The van der Waals surface area contributed by atoms with Crippen molar-refractivity contribution in [1.29, 1.82) is 0 Å². The highest BCUT2D eigenvalue weighted by molar-refractivity contribution is 6.35. The summed E-state index contributed by atoms with van der Waals surface area (Å²) in [4.78, 5) is 40.5. The zero-order chi connectivity index (χ0) is 34.3. The van der Waals surface area contributed by atoms with Crippen LogP contribution in [0, 0.1) is 23.2 Å². The summed E-state index contributed by atoms with van der Waals surface area (Å²) in [6, 6.07) is 10.8. The van der Waals surface area contributed by atoms with Gasteiger partial charge in [-0.3, -0.25) is 19.7 Å². The van der Waals surface area contributed by atoms with Crippen molar-refractivity contribution in [2.24, 2.45) is 33.9 Å². The Balaban J connectivity index is 1.31. The molecule has 0 spiro atoms. The molecular weight excluding hydrogens is 649 g/mol. The zero-order valence-electron chi connectivity index (χ0n) is 28.4. The third kappa shape index (κ3) is 6.95. The van der Waals surface area contributed by atoms with Crippen LogP contribution in [-0.4, -0.2) is 64.7 Å². The van der Waals surface area contributed by atoms with E-state index in [1.807, 2.05) is 24.3 Å². The lowest BCUT2D eigenvalue weighted by atomic mass is 9.45. The lowest BCUT2D eigenvalue weighted by Crippen LogP contribution is -2.57. The maximum atomic E-state index is 14.1. The van der Waals surface area contributed by atoms with Crippen LogP contribution in [0.15, 0.2) is 46.2 Å². The van der Waals surface area contributed by atoms with E-state index in [9.17, 15) is 9.59 Å². The minimum atomic E-state index is -0.715. The van der Waals surface area contributed by atoms with Crippen molar-refractivity contribution in [3.8, 4) is 0 Å². The van der Waals surface area contributed by atoms with Crippen LogP contribution in [0.1, 0.15) is 53.0 Å². The monoisotopic (exact) mass is 695 g/mol. The van der Waals surface area contributed by atoms with Crippen molar-refractivity contribution in [3.63, 3.8) is 0 Å². The van der Waals surface area contributed by atoms with E-state index in [1.54, 1.807) is 16.7 Å². The Kier molecular flexibility index (Phi) is 9.84. The van der Waals surface area contributed by atoms with Crippen molar-refractivity contribution in [1.82, 2.24) is 25.3 Å². The molecule has 1 aromatic heterocycles. The van der Waals surface area contributed by atoms with Gasteiger partial charge in [-0.05, 0) is 92.2 Å². The van der Waals surface area contributed by atoms with E-state index >= 15 is 0 Å². The predicted molar refractivity (Wildman–Crippen MR) is 195 cm³/mol. The number of hydrazine groups is 1. The molecule has 0 radical (unpaired) electrons. The number of hydrogen-bond donors (Lipinski definition) is 4. The number of nitrogens with one attached hydrogen (secondary N) is 3. The summed E-state index contributed by atoms with van der Waals surface area (Å²) in [6.45, 7) is 15.1. The fourth-order valence-corrected chi connectivity index (χ4v) is 8.44. The van der Waals surface area contributed by atoms with Crippen LogP contribution in [0.3, 0.4) is 0 Å². The van der Waals surface area contributed by atoms with Crippen LogP contribution in [0.25, 0.3) is 10.9 Å². The first-order chi connectivity index (χ1) is 22.8. The van der Waals surface area contributed by atoms with E-state index in [0.717, 1.165) is 38.2 Å². The van der Waals surface area contributed by atoms with Gasteiger partial charge in [0.1, 0.15) is 0 Å². The molecule has 3 aromatic rings. The van der Waals surface area contributed by atoms with E-state index < -0.39 is 6.03 Å². The largest absolute Gasteiger partial charge is 0.350 e. The summed E-state index contributed by atoms with van der Waals surface area (Å²) in [7, 11) is 0. The number of carbonyl (C=O) groups excluding carboxylic acids is 1. The molecule has 5 N–H and O–H groups in total. The van der Waals surface area contributed by atoms with E-state index in [-0.39, 0.29) is 11.6 Å². The Morgan fingerprint density at radius 1 is 1.08 bits per heavy atom. The third-order valence-corrected chi connectivity index (χ3v) is 11.6. The highest BCUT2D eigenvalue weighted by atomic mass is 35.5. The molecule has 3 aliphatic carbocycles. The highest BCUT2D eigenvalue weighted by Gasteiger charge is 2.56. The van der Waals surface area contributed by atoms with E-state index in [1.165, 1.54) is 6.42 Å². The number of nitrogens with zero attached hydrogens (tertiary/aromatic N) is 5. The Bertz CT molecular complexity index is 1770.